The number of nitrogens with two attached hydrogens (primary N) is 1. The second kappa shape index (κ2) is 5.24. The topological polar surface area (TPSA) is 35.2 Å². The molecule has 20 heavy (non-hydrogen) atoms. The Morgan fingerprint density at radius 3 is 2.75 bits per heavy atom. The minimum atomic E-state index is -0.318. The molecule has 0 fully saturated rings. The summed E-state index contributed by atoms with van der Waals surface area (Å²) in [4.78, 5) is 0. The van der Waals surface area contributed by atoms with Gasteiger partial charge in [-0.2, -0.15) is 0 Å². The summed E-state index contributed by atoms with van der Waals surface area (Å²) >= 11 is 12.2. The summed E-state index contributed by atoms with van der Waals surface area (Å²) in [6, 6.07) is 9.46. The Morgan fingerprint density at radius 2 is 1.95 bits per heavy atom. The van der Waals surface area contributed by atoms with Crippen LogP contribution >= 0.6 is 23.2 Å². The highest BCUT2D eigenvalue weighted by molar-refractivity contribution is 6.42. The molecule has 0 spiro atoms. The molecule has 0 aromatic heterocycles. The van der Waals surface area contributed by atoms with Gasteiger partial charge in [0.2, 0.25) is 0 Å². The van der Waals surface area contributed by atoms with E-state index in [1.54, 1.807) is 12.1 Å². The van der Waals surface area contributed by atoms with Gasteiger partial charge in [-0.05, 0) is 24.3 Å². The summed E-state index contributed by atoms with van der Waals surface area (Å²) in [6.07, 6.45) is 0.241. The van der Waals surface area contributed by atoms with Crippen molar-refractivity contribution in [2.45, 2.75) is 18.6 Å². The van der Waals surface area contributed by atoms with Gasteiger partial charge in [0.25, 0.3) is 0 Å². The van der Waals surface area contributed by atoms with Crippen LogP contribution in [0.15, 0.2) is 36.4 Å². The fourth-order valence-electron chi connectivity index (χ4n) is 2.43. The number of hydrogen-bond acceptors (Lipinski definition) is 2. The van der Waals surface area contributed by atoms with E-state index in [1.807, 2.05) is 12.1 Å². The van der Waals surface area contributed by atoms with Crippen LogP contribution in [0, 0.1) is 5.82 Å². The van der Waals surface area contributed by atoms with Gasteiger partial charge < -0.3 is 10.5 Å². The second-order valence-electron chi connectivity index (χ2n) is 4.77. The number of halogens is 3. The SMILES string of the molecule is N[C@@H]1CC(c2cccc(Cl)c2Cl)Oc2ccc(F)cc21. The fraction of sp³-hybridized carbons (Fsp3) is 0.200. The Labute approximate surface area is 126 Å². The lowest BCUT2D eigenvalue weighted by Gasteiger charge is -2.31. The van der Waals surface area contributed by atoms with Crippen molar-refractivity contribution in [3.8, 4) is 5.75 Å². The van der Waals surface area contributed by atoms with E-state index >= 15 is 0 Å². The van der Waals surface area contributed by atoms with Gasteiger partial charge in [-0.25, -0.2) is 4.39 Å². The molecule has 0 aliphatic carbocycles. The normalized spacial score (nSPS) is 21.2. The van der Waals surface area contributed by atoms with Crippen molar-refractivity contribution in [2.24, 2.45) is 5.73 Å². The van der Waals surface area contributed by atoms with Crippen molar-refractivity contribution < 1.29 is 9.13 Å². The van der Waals surface area contributed by atoms with Gasteiger partial charge in [-0.15, -0.1) is 0 Å². The van der Waals surface area contributed by atoms with Gasteiger partial charge in [0.05, 0.1) is 10.0 Å². The van der Waals surface area contributed by atoms with Crippen molar-refractivity contribution >= 4 is 23.2 Å². The molecule has 3 rings (SSSR count). The Morgan fingerprint density at radius 1 is 1.15 bits per heavy atom. The molecule has 0 radical (unpaired) electrons. The van der Waals surface area contributed by atoms with E-state index in [0.29, 0.717) is 27.8 Å². The minimum Gasteiger partial charge on any atom is -0.485 e. The molecule has 104 valence electrons. The lowest BCUT2D eigenvalue weighted by molar-refractivity contribution is 0.161. The molecular formula is C15H12Cl2FNO. The predicted octanol–water partition coefficient (Wildman–Crippen LogP) is 4.66. The number of fused-ring (bicyclic) bond motifs is 1. The summed E-state index contributed by atoms with van der Waals surface area (Å²) in [7, 11) is 0. The van der Waals surface area contributed by atoms with Crippen molar-refractivity contribution in [3.63, 3.8) is 0 Å². The van der Waals surface area contributed by atoms with Crippen LogP contribution in [0.25, 0.3) is 0 Å². The summed E-state index contributed by atoms with van der Waals surface area (Å²) in [5.41, 5.74) is 7.58. The zero-order chi connectivity index (χ0) is 14.3. The van der Waals surface area contributed by atoms with Gasteiger partial charge in [0, 0.05) is 23.6 Å². The first-order valence-electron chi connectivity index (χ1n) is 6.22. The fourth-order valence-corrected chi connectivity index (χ4v) is 2.86. The highest BCUT2D eigenvalue weighted by Gasteiger charge is 2.29. The Hall–Kier alpha value is -1.29. The number of benzene rings is 2. The summed E-state index contributed by atoms with van der Waals surface area (Å²) in [6.45, 7) is 0. The van der Waals surface area contributed by atoms with Gasteiger partial charge in [-0.1, -0.05) is 35.3 Å². The van der Waals surface area contributed by atoms with Crippen molar-refractivity contribution in [3.05, 3.63) is 63.4 Å². The highest BCUT2D eigenvalue weighted by atomic mass is 35.5. The van der Waals surface area contributed by atoms with Crippen LogP contribution in [0.5, 0.6) is 5.75 Å². The largest absolute Gasteiger partial charge is 0.485 e. The van der Waals surface area contributed by atoms with Crippen LogP contribution in [0.1, 0.15) is 29.7 Å². The van der Waals surface area contributed by atoms with Crippen LogP contribution < -0.4 is 10.5 Å². The van der Waals surface area contributed by atoms with Gasteiger partial charge in [-0.3, -0.25) is 0 Å². The predicted molar refractivity (Wildman–Crippen MR) is 77.8 cm³/mol. The van der Waals surface area contributed by atoms with E-state index in [4.69, 9.17) is 33.7 Å². The smallest absolute Gasteiger partial charge is 0.127 e. The summed E-state index contributed by atoms with van der Waals surface area (Å²) in [5.74, 6) is 0.272. The molecule has 5 heteroatoms. The van der Waals surface area contributed by atoms with E-state index in [0.717, 1.165) is 5.56 Å². The van der Waals surface area contributed by atoms with Crippen LogP contribution in [0.3, 0.4) is 0 Å². The quantitative estimate of drug-likeness (QED) is 0.831. The van der Waals surface area contributed by atoms with Crippen LogP contribution in [-0.4, -0.2) is 0 Å². The van der Waals surface area contributed by atoms with Crippen molar-refractivity contribution in [1.82, 2.24) is 0 Å². The van der Waals surface area contributed by atoms with Crippen LogP contribution in [-0.2, 0) is 0 Å². The van der Waals surface area contributed by atoms with E-state index in [9.17, 15) is 4.39 Å². The first-order valence-corrected chi connectivity index (χ1v) is 6.97. The number of rotatable bonds is 1. The van der Waals surface area contributed by atoms with E-state index in [2.05, 4.69) is 0 Å². The molecule has 0 bridgehead atoms. The number of hydrogen-bond donors (Lipinski definition) is 1. The van der Waals surface area contributed by atoms with E-state index in [-0.39, 0.29) is 18.0 Å². The Bertz CT molecular complexity index is 662. The van der Waals surface area contributed by atoms with Crippen LogP contribution in [0.4, 0.5) is 4.39 Å². The van der Waals surface area contributed by atoms with Crippen LogP contribution in [0.2, 0.25) is 10.0 Å². The summed E-state index contributed by atoms with van der Waals surface area (Å²) in [5, 5.41) is 0.947. The minimum absolute atomic E-state index is 0.283. The molecular weight excluding hydrogens is 300 g/mol. The molecule has 2 N–H and O–H groups in total. The maximum atomic E-state index is 13.3. The zero-order valence-corrected chi connectivity index (χ0v) is 12.0. The average molecular weight is 312 g/mol. The Balaban J connectivity index is 1.99. The highest BCUT2D eigenvalue weighted by Crippen LogP contribution is 2.42. The van der Waals surface area contributed by atoms with Gasteiger partial charge in [0.1, 0.15) is 17.7 Å². The average Bonchev–Trinajstić information content (AvgIpc) is 2.42. The first-order chi connectivity index (χ1) is 9.56. The molecule has 2 aromatic carbocycles. The third-order valence-corrected chi connectivity index (χ3v) is 4.27. The Kier molecular flexibility index (Phi) is 3.59. The van der Waals surface area contributed by atoms with Gasteiger partial charge in [0.15, 0.2) is 0 Å². The molecule has 0 saturated carbocycles. The molecule has 0 amide bonds. The third-order valence-electron chi connectivity index (χ3n) is 3.44. The molecule has 2 aromatic rings. The third kappa shape index (κ3) is 2.37. The molecule has 2 atom stereocenters. The second-order valence-corrected chi connectivity index (χ2v) is 5.56. The van der Waals surface area contributed by atoms with Crippen molar-refractivity contribution in [2.75, 3.05) is 0 Å². The molecule has 1 unspecified atom stereocenters. The van der Waals surface area contributed by atoms with E-state index in [1.165, 1.54) is 12.1 Å². The van der Waals surface area contributed by atoms with Crippen molar-refractivity contribution in [1.29, 1.82) is 0 Å². The van der Waals surface area contributed by atoms with Gasteiger partial charge >= 0.3 is 0 Å². The lowest BCUT2D eigenvalue weighted by atomic mass is 9.93. The first kappa shape index (κ1) is 13.7. The molecule has 1 heterocycles. The molecule has 0 saturated heterocycles. The summed E-state index contributed by atoms with van der Waals surface area (Å²) < 4.78 is 19.1. The lowest BCUT2D eigenvalue weighted by Crippen LogP contribution is -2.24. The molecule has 1 aliphatic rings. The maximum absolute atomic E-state index is 13.3. The monoisotopic (exact) mass is 311 g/mol. The van der Waals surface area contributed by atoms with E-state index < -0.39 is 0 Å². The maximum Gasteiger partial charge on any atom is 0.127 e. The molecule has 2 nitrogen and oxygen atoms in total. The number of ether oxygens (including phenoxy) is 1. The molecule has 1 aliphatic heterocycles. The standard InChI is InChI=1S/C15H12Cl2FNO/c16-11-3-1-2-9(15(11)17)14-7-12(19)10-6-8(18)4-5-13(10)20-14/h1-6,12,14H,7,19H2/t12-,14?/m1/s1. The zero-order valence-electron chi connectivity index (χ0n) is 10.4.